The number of carbonyl (C=O) groups is 1. The summed E-state index contributed by atoms with van der Waals surface area (Å²) in [6.45, 7) is 3.81. The van der Waals surface area contributed by atoms with Crippen LogP contribution in [-0.2, 0) is 11.4 Å². The van der Waals surface area contributed by atoms with Gasteiger partial charge >= 0.3 is 5.97 Å². The standard InChI is InChI=1S/C36H27N5O4S/c1-23-19-26(17-18-30(23)44-22-25-11-5-3-6-12-25)33-27(21-40(38-33)28-13-7-4-8-14-28)20-32-35(43)41-36(46-32)37-34(39-41)29-15-9-10-16-31(29)45-24(2)42/h3-21H,22H2,1-2H3. The van der Waals surface area contributed by atoms with Gasteiger partial charge in [0.2, 0.25) is 4.96 Å². The minimum Gasteiger partial charge on any atom is -0.489 e. The second-order valence-corrected chi connectivity index (χ2v) is 11.6. The Bertz CT molecular complexity index is 2310. The Morgan fingerprint density at radius 2 is 1.63 bits per heavy atom. The molecule has 0 saturated carbocycles. The van der Waals surface area contributed by atoms with Crippen molar-refractivity contribution in [2.45, 2.75) is 20.5 Å². The molecular weight excluding hydrogens is 598 g/mol. The molecule has 0 amide bonds. The lowest BCUT2D eigenvalue weighted by Crippen LogP contribution is -2.23. The molecule has 0 aliphatic rings. The number of hydrogen-bond donors (Lipinski definition) is 0. The van der Waals surface area contributed by atoms with Crippen LogP contribution in [-0.4, -0.2) is 30.3 Å². The number of benzene rings is 4. The maximum Gasteiger partial charge on any atom is 0.308 e. The summed E-state index contributed by atoms with van der Waals surface area (Å²) in [5.74, 6) is 0.969. The number of nitrogens with zero attached hydrogens (tertiary/aromatic N) is 5. The van der Waals surface area contributed by atoms with Gasteiger partial charge in [0.05, 0.1) is 15.8 Å². The van der Waals surface area contributed by atoms with Crippen molar-refractivity contribution in [2.75, 3.05) is 0 Å². The zero-order valence-corrected chi connectivity index (χ0v) is 25.8. The quantitative estimate of drug-likeness (QED) is 0.150. The Morgan fingerprint density at radius 1 is 0.891 bits per heavy atom. The molecule has 46 heavy (non-hydrogen) atoms. The van der Waals surface area contributed by atoms with Gasteiger partial charge in [0.15, 0.2) is 5.82 Å². The van der Waals surface area contributed by atoms with Gasteiger partial charge in [-0.2, -0.15) is 14.6 Å². The van der Waals surface area contributed by atoms with Gasteiger partial charge in [0.1, 0.15) is 23.8 Å². The Morgan fingerprint density at radius 3 is 2.37 bits per heavy atom. The Labute approximate surface area is 267 Å². The highest BCUT2D eigenvalue weighted by molar-refractivity contribution is 7.15. The third-order valence-electron chi connectivity index (χ3n) is 7.30. The number of hydrogen-bond acceptors (Lipinski definition) is 8. The molecule has 0 atom stereocenters. The Kier molecular flexibility index (Phi) is 7.69. The fourth-order valence-corrected chi connectivity index (χ4v) is 6.01. The van der Waals surface area contributed by atoms with E-state index in [1.165, 1.54) is 22.8 Å². The van der Waals surface area contributed by atoms with E-state index in [1.54, 1.807) is 24.3 Å². The van der Waals surface area contributed by atoms with Gasteiger partial charge in [-0.1, -0.05) is 72.0 Å². The van der Waals surface area contributed by atoms with E-state index in [1.807, 2.05) is 103 Å². The van der Waals surface area contributed by atoms with Crippen LogP contribution in [0.1, 0.15) is 23.6 Å². The van der Waals surface area contributed by atoms with Crippen LogP contribution in [0.4, 0.5) is 0 Å². The monoisotopic (exact) mass is 625 g/mol. The van der Waals surface area contributed by atoms with Crippen molar-refractivity contribution in [3.63, 3.8) is 0 Å². The second kappa shape index (κ2) is 12.3. The van der Waals surface area contributed by atoms with E-state index < -0.39 is 5.97 Å². The van der Waals surface area contributed by atoms with Crippen LogP contribution in [0.3, 0.4) is 0 Å². The van der Waals surface area contributed by atoms with Crippen LogP contribution in [0.2, 0.25) is 0 Å². The summed E-state index contributed by atoms with van der Waals surface area (Å²) in [6.07, 6.45) is 3.74. The van der Waals surface area contributed by atoms with Gasteiger partial charge in [-0.15, -0.1) is 5.10 Å². The maximum atomic E-state index is 13.6. The second-order valence-electron chi connectivity index (χ2n) is 10.6. The van der Waals surface area contributed by atoms with E-state index in [0.29, 0.717) is 33.2 Å². The molecule has 0 aliphatic carbocycles. The average Bonchev–Trinajstić information content (AvgIpc) is 3.76. The van der Waals surface area contributed by atoms with Crippen molar-refractivity contribution in [1.82, 2.24) is 24.4 Å². The Balaban J connectivity index is 1.27. The van der Waals surface area contributed by atoms with Crippen molar-refractivity contribution in [1.29, 1.82) is 0 Å². The summed E-state index contributed by atoms with van der Waals surface area (Å²) in [4.78, 5) is 30.2. The lowest BCUT2D eigenvalue weighted by Gasteiger charge is -2.10. The number of aromatic nitrogens is 5. The van der Waals surface area contributed by atoms with Crippen LogP contribution < -0.4 is 19.6 Å². The fraction of sp³-hybridized carbons (Fsp3) is 0.0833. The van der Waals surface area contributed by atoms with E-state index in [0.717, 1.165) is 39.4 Å². The maximum absolute atomic E-state index is 13.6. The van der Waals surface area contributed by atoms with E-state index >= 15 is 0 Å². The predicted molar refractivity (Wildman–Crippen MR) is 177 cm³/mol. The molecule has 10 heteroatoms. The van der Waals surface area contributed by atoms with Gasteiger partial charge in [0.25, 0.3) is 5.56 Å². The number of aryl methyl sites for hydroxylation is 1. The van der Waals surface area contributed by atoms with Gasteiger partial charge in [-0.05, 0) is 66.6 Å². The number of thiazole rings is 1. The molecule has 0 unspecified atom stereocenters. The smallest absolute Gasteiger partial charge is 0.308 e. The van der Waals surface area contributed by atoms with Crippen molar-refractivity contribution in [2.24, 2.45) is 0 Å². The highest BCUT2D eigenvalue weighted by Gasteiger charge is 2.18. The van der Waals surface area contributed by atoms with E-state index in [9.17, 15) is 9.59 Å². The molecule has 0 fully saturated rings. The average molecular weight is 626 g/mol. The molecule has 0 spiro atoms. The van der Waals surface area contributed by atoms with E-state index in [-0.39, 0.29) is 5.56 Å². The number of carbonyl (C=O) groups excluding carboxylic acids is 1. The summed E-state index contributed by atoms with van der Waals surface area (Å²) >= 11 is 1.23. The molecule has 9 nitrogen and oxygen atoms in total. The number of ether oxygens (including phenoxy) is 2. The van der Waals surface area contributed by atoms with Crippen LogP contribution in [0, 0.1) is 6.92 Å². The van der Waals surface area contributed by atoms with Crippen molar-refractivity contribution in [3.8, 4) is 39.8 Å². The number of rotatable bonds is 8. The molecule has 0 N–H and O–H groups in total. The molecule has 0 bridgehead atoms. The highest BCUT2D eigenvalue weighted by Crippen LogP contribution is 2.30. The summed E-state index contributed by atoms with van der Waals surface area (Å²) in [7, 11) is 0. The molecule has 0 saturated heterocycles. The summed E-state index contributed by atoms with van der Waals surface area (Å²) in [5.41, 5.74) is 5.55. The molecule has 4 aromatic carbocycles. The molecular formula is C36H27N5O4S. The normalized spacial score (nSPS) is 11.7. The largest absolute Gasteiger partial charge is 0.489 e. The molecule has 0 radical (unpaired) electrons. The van der Waals surface area contributed by atoms with Gasteiger partial charge in [-0.25, -0.2) is 4.68 Å². The first-order valence-corrected chi connectivity index (χ1v) is 15.4. The molecule has 0 aliphatic heterocycles. The predicted octanol–water partition coefficient (Wildman–Crippen LogP) is 6.03. The molecule has 7 aromatic rings. The number of fused-ring (bicyclic) bond motifs is 1. The number of para-hydroxylation sites is 2. The highest BCUT2D eigenvalue weighted by atomic mass is 32.1. The zero-order valence-electron chi connectivity index (χ0n) is 25.0. The van der Waals surface area contributed by atoms with Crippen LogP contribution in [0.15, 0.2) is 114 Å². The Hall–Kier alpha value is -5.87. The van der Waals surface area contributed by atoms with E-state index in [2.05, 4.69) is 10.1 Å². The van der Waals surface area contributed by atoms with Crippen molar-refractivity contribution >= 4 is 28.3 Å². The minimum atomic E-state index is -0.453. The first-order chi connectivity index (χ1) is 22.4. The molecule has 7 rings (SSSR count). The van der Waals surface area contributed by atoms with Crippen LogP contribution >= 0.6 is 11.3 Å². The molecule has 3 heterocycles. The minimum absolute atomic E-state index is 0.300. The molecule has 3 aromatic heterocycles. The lowest BCUT2D eigenvalue weighted by molar-refractivity contribution is -0.131. The number of esters is 1. The summed E-state index contributed by atoms with van der Waals surface area (Å²) < 4.78 is 15.0. The third-order valence-corrected chi connectivity index (χ3v) is 8.26. The SMILES string of the molecule is CC(=O)Oc1ccccc1-c1nc2sc(=Cc3cn(-c4ccccc4)nc3-c3ccc(OCc4ccccc4)c(C)c3)c(=O)n2n1. The third kappa shape index (κ3) is 5.81. The zero-order chi connectivity index (χ0) is 31.6. The first-order valence-electron chi connectivity index (χ1n) is 14.5. The van der Waals surface area contributed by atoms with E-state index in [4.69, 9.17) is 14.6 Å². The van der Waals surface area contributed by atoms with Crippen LogP contribution in [0.5, 0.6) is 11.5 Å². The van der Waals surface area contributed by atoms with Crippen molar-refractivity contribution < 1.29 is 14.3 Å². The van der Waals surface area contributed by atoms with Crippen LogP contribution in [0.25, 0.3) is 39.4 Å². The molecule has 226 valence electrons. The van der Waals surface area contributed by atoms with Gasteiger partial charge in [0, 0.05) is 24.2 Å². The van der Waals surface area contributed by atoms with Gasteiger partial charge in [-0.3, -0.25) is 9.59 Å². The van der Waals surface area contributed by atoms with Crippen molar-refractivity contribution in [3.05, 3.63) is 141 Å². The summed E-state index contributed by atoms with van der Waals surface area (Å²) in [6, 6.07) is 32.8. The fourth-order valence-electron chi connectivity index (χ4n) is 5.11. The van der Waals surface area contributed by atoms with Gasteiger partial charge < -0.3 is 9.47 Å². The summed E-state index contributed by atoms with van der Waals surface area (Å²) in [5, 5.41) is 9.40. The topological polar surface area (TPSA) is 101 Å². The lowest BCUT2D eigenvalue weighted by atomic mass is 10.0. The first kappa shape index (κ1) is 28.9.